The van der Waals surface area contributed by atoms with Crippen LogP contribution in [0.25, 0.3) is 6.08 Å². The first kappa shape index (κ1) is 49.0. The van der Waals surface area contributed by atoms with E-state index in [0.29, 0.717) is 33.6 Å². The number of carbonyl (C=O) groups excluding carboxylic acids is 2. The molecule has 7 atom stereocenters. The van der Waals surface area contributed by atoms with Crippen molar-refractivity contribution in [3.63, 3.8) is 0 Å². The molecule has 2 heterocycles. The molecule has 0 radical (unpaired) electrons. The summed E-state index contributed by atoms with van der Waals surface area (Å²) in [6.45, 7) is 0. The number of phenols is 11. The van der Waals surface area contributed by atoms with Crippen LogP contribution >= 0.6 is 0 Å². The summed E-state index contributed by atoms with van der Waals surface area (Å²) in [5.74, 6) is -7.88. The Kier molecular flexibility index (Phi) is 12.9. The van der Waals surface area contributed by atoms with Crippen LogP contribution in [0.5, 0.6) is 69.0 Å². The lowest BCUT2D eigenvalue weighted by Gasteiger charge is -2.31. The fraction of sp³-hybridized carbons (Fsp3) is 0.133. The van der Waals surface area contributed by atoms with Crippen molar-refractivity contribution in [3.8, 4) is 69.0 Å². The Morgan fingerprint density at radius 2 is 1.00 bits per heavy atom. The average molecular weight is 1010 g/mol. The van der Waals surface area contributed by atoms with Crippen LogP contribution in [-0.4, -0.2) is 67.7 Å². The molecule has 15 heteroatoms. The Hall–Kier alpha value is -9.60. The maximum atomic E-state index is 15.1. The van der Waals surface area contributed by atoms with E-state index in [1.807, 2.05) is 0 Å². The first-order chi connectivity index (χ1) is 36.0. The molecule has 0 saturated carbocycles. The number of allylic oxidation sites excluding steroid dienone is 1. The molecule has 0 aliphatic carbocycles. The van der Waals surface area contributed by atoms with E-state index in [-0.39, 0.29) is 74.5 Å². The molecule has 0 unspecified atom stereocenters. The summed E-state index contributed by atoms with van der Waals surface area (Å²) in [7, 11) is 0. The molecule has 2 aliphatic rings. The summed E-state index contributed by atoms with van der Waals surface area (Å²) in [5.41, 5.74) is 2.91. The van der Waals surface area contributed by atoms with Gasteiger partial charge in [0.1, 0.15) is 75.1 Å². The second-order valence-corrected chi connectivity index (χ2v) is 18.7. The smallest absolute Gasteiger partial charge is 0.189 e. The number of hydrogen-bond donors (Lipinski definition) is 11. The van der Waals surface area contributed by atoms with Crippen LogP contribution in [0.3, 0.4) is 0 Å². The molecule has 10 rings (SSSR count). The maximum absolute atomic E-state index is 15.1. The second kappa shape index (κ2) is 19.8. The van der Waals surface area contributed by atoms with Crippen molar-refractivity contribution in [1.82, 2.24) is 0 Å². The van der Waals surface area contributed by atoms with E-state index in [1.54, 1.807) is 54.6 Å². The molecule has 75 heavy (non-hydrogen) atoms. The van der Waals surface area contributed by atoms with Crippen LogP contribution in [0, 0.1) is 11.8 Å². The minimum atomic E-state index is -1.19. The van der Waals surface area contributed by atoms with E-state index in [4.69, 9.17) is 9.47 Å². The van der Waals surface area contributed by atoms with Gasteiger partial charge in [0.15, 0.2) is 11.6 Å². The minimum absolute atomic E-state index is 0.0139. The summed E-state index contributed by atoms with van der Waals surface area (Å²) in [5, 5.41) is 119. The van der Waals surface area contributed by atoms with Gasteiger partial charge in [-0.2, -0.15) is 0 Å². The first-order valence-electron chi connectivity index (χ1n) is 23.7. The molecule has 8 aromatic rings. The molecule has 1 saturated heterocycles. The zero-order valence-electron chi connectivity index (χ0n) is 39.5. The summed E-state index contributed by atoms with van der Waals surface area (Å²) < 4.78 is 13.7. The number of aromatic hydroxyl groups is 11. The van der Waals surface area contributed by atoms with Crippen molar-refractivity contribution in [1.29, 1.82) is 0 Å². The monoisotopic (exact) mass is 1010 g/mol. The molecule has 2 aliphatic heterocycles. The molecular weight excluding hydrogens is 961 g/mol. The van der Waals surface area contributed by atoms with Crippen molar-refractivity contribution in [2.24, 2.45) is 11.8 Å². The van der Waals surface area contributed by atoms with Crippen molar-refractivity contribution in [3.05, 3.63) is 219 Å². The van der Waals surface area contributed by atoms with Gasteiger partial charge in [-0.15, -0.1) is 0 Å². The summed E-state index contributed by atoms with van der Waals surface area (Å²) in [6.07, 6.45) is -0.354. The number of carbonyl (C=O) groups is 2. The average Bonchev–Trinajstić information content (AvgIpc) is 3.95. The van der Waals surface area contributed by atoms with Gasteiger partial charge >= 0.3 is 0 Å². The summed E-state index contributed by atoms with van der Waals surface area (Å²) in [4.78, 5) is 28.4. The third-order valence-corrected chi connectivity index (χ3v) is 14.0. The highest BCUT2D eigenvalue weighted by atomic mass is 16.5. The van der Waals surface area contributed by atoms with Crippen LogP contribution in [-0.2, 0) is 11.2 Å². The SMILES string of the molecule is O=C(/C=C/c1ccc2c(c1)[C@@H]([C@H](c1ccc(O)cc1O)c1cc([C@H]3O[C@@H](c4ccc(O)cc4)[C@@H](C(=O)c4ccc(O)cc4O)[C@H]3Cc3ccc(O)cc3)c(O)cc1O)[C@H](c1ccc(O)cc1)O2)c1ccc(O)cc1O. The van der Waals surface area contributed by atoms with Crippen LogP contribution in [0.4, 0.5) is 0 Å². The molecule has 8 aromatic carbocycles. The van der Waals surface area contributed by atoms with Gasteiger partial charge < -0.3 is 65.6 Å². The van der Waals surface area contributed by atoms with Crippen molar-refractivity contribution in [2.75, 3.05) is 0 Å². The standard InChI is InChI=1S/C60H48O15/c61-34-9-1-30(2-10-34)24-46-56(57(73)42-20-17-39(66)27-50(42)70)59(33-7-13-36(63)14-8-33)75-60(46)44-28-43(51(71)29-52(44)72)54(41-19-16-38(65)26-49(41)69)55-45-23-31(3-21-47(67)40-18-15-37(64)25-48(40)68)4-22-53(45)74-58(55)32-5-11-35(62)12-6-32/h1-23,25-29,46,54-56,58-66,68-72H,24H2/b21-3+/t46-,54-,55+,56-,58+,59+,60-/m1/s1. The van der Waals surface area contributed by atoms with Gasteiger partial charge in [-0.25, -0.2) is 0 Å². The third-order valence-electron chi connectivity index (χ3n) is 14.0. The number of fused-ring (bicyclic) bond motifs is 1. The topological polar surface area (TPSA) is 275 Å². The van der Waals surface area contributed by atoms with Gasteiger partial charge in [0.05, 0.1) is 29.3 Å². The van der Waals surface area contributed by atoms with E-state index in [2.05, 4.69) is 0 Å². The lowest BCUT2D eigenvalue weighted by atomic mass is 9.72. The Morgan fingerprint density at radius 3 is 1.60 bits per heavy atom. The normalized spacial score (nSPS) is 19.4. The van der Waals surface area contributed by atoms with Gasteiger partial charge in [-0.05, 0) is 120 Å². The van der Waals surface area contributed by atoms with Crippen LogP contribution < -0.4 is 4.74 Å². The number of hydrogen-bond acceptors (Lipinski definition) is 15. The largest absolute Gasteiger partial charge is 0.508 e. The number of phenolic OH excluding ortho intramolecular Hbond substituents is 11. The molecule has 1 fully saturated rings. The maximum Gasteiger partial charge on any atom is 0.189 e. The summed E-state index contributed by atoms with van der Waals surface area (Å²) >= 11 is 0. The number of Topliss-reactive ketones (excluding diaryl/α,β-unsaturated/α-hetero) is 1. The molecule has 0 spiro atoms. The highest BCUT2D eigenvalue weighted by Gasteiger charge is 2.51. The Balaban J connectivity index is 1.16. The highest BCUT2D eigenvalue weighted by Crippen LogP contribution is 2.60. The van der Waals surface area contributed by atoms with E-state index < -0.39 is 76.5 Å². The number of ketones is 2. The van der Waals surface area contributed by atoms with Gasteiger partial charge in [0.2, 0.25) is 0 Å². The number of rotatable bonds is 13. The van der Waals surface area contributed by atoms with Crippen molar-refractivity contribution >= 4 is 17.6 Å². The fourth-order valence-electron chi connectivity index (χ4n) is 10.5. The van der Waals surface area contributed by atoms with E-state index in [9.17, 15) is 61.0 Å². The van der Waals surface area contributed by atoms with Crippen molar-refractivity contribution in [2.45, 2.75) is 36.6 Å². The Labute approximate surface area is 428 Å². The van der Waals surface area contributed by atoms with Crippen molar-refractivity contribution < 1.29 is 75.2 Å². The fourth-order valence-corrected chi connectivity index (χ4v) is 10.5. The van der Waals surface area contributed by atoms with Gasteiger partial charge in [-0.1, -0.05) is 54.6 Å². The molecule has 15 nitrogen and oxygen atoms in total. The first-order valence-corrected chi connectivity index (χ1v) is 23.7. The zero-order valence-corrected chi connectivity index (χ0v) is 39.5. The number of benzene rings is 8. The van der Waals surface area contributed by atoms with Crippen LogP contribution in [0.2, 0.25) is 0 Å². The third kappa shape index (κ3) is 9.63. The van der Waals surface area contributed by atoms with Gasteiger partial charge in [0.25, 0.3) is 0 Å². The molecule has 11 N–H and O–H groups in total. The minimum Gasteiger partial charge on any atom is -0.508 e. The lowest BCUT2D eigenvalue weighted by molar-refractivity contribution is 0.0254. The van der Waals surface area contributed by atoms with Gasteiger partial charge in [0, 0.05) is 64.3 Å². The lowest BCUT2D eigenvalue weighted by Crippen LogP contribution is -2.27. The Morgan fingerprint density at radius 1 is 0.467 bits per heavy atom. The van der Waals surface area contributed by atoms with Gasteiger partial charge in [-0.3, -0.25) is 9.59 Å². The van der Waals surface area contributed by atoms with Crippen LogP contribution in [0.1, 0.15) is 95.4 Å². The second-order valence-electron chi connectivity index (χ2n) is 18.7. The predicted molar refractivity (Wildman–Crippen MR) is 273 cm³/mol. The Bertz CT molecular complexity index is 3520. The number of ether oxygens (including phenoxy) is 2. The summed E-state index contributed by atoms with van der Waals surface area (Å²) in [6, 6.07) is 37.6. The molecular formula is C60H48O15. The van der Waals surface area contributed by atoms with Crippen LogP contribution in [0.15, 0.2) is 164 Å². The zero-order chi connectivity index (χ0) is 52.8. The van der Waals surface area contributed by atoms with E-state index >= 15 is 4.79 Å². The predicted octanol–water partition coefficient (Wildman–Crippen LogP) is 10.6. The molecule has 0 aromatic heterocycles. The molecule has 0 amide bonds. The van der Waals surface area contributed by atoms with E-state index in [0.717, 1.165) is 24.3 Å². The molecule has 0 bridgehead atoms. The quantitative estimate of drug-likeness (QED) is 0.0379. The van der Waals surface area contributed by atoms with E-state index in [1.165, 1.54) is 91.0 Å². The highest BCUT2D eigenvalue weighted by molar-refractivity contribution is 6.08. The molecule has 378 valence electrons.